The molecule has 0 aliphatic rings. The van der Waals surface area contributed by atoms with Gasteiger partial charge in [-0.2, -0.15) is 0 Å². The molecule has 0 aliphatic heterocycles. The van der Waals surface area contributed by atoms with Crippen LogP contribution in [0.1, 0.15) is 0 Å². The van der Waals surface area contributed by atoms with E-state index in [0.717, 1.165) is 0 Å². The first-order chi connectivity index (χ1) is 4.77. The first-order valence-corrected chi connectivity index (χ1v) is 5.71. The molecule has 0 amide bonds. The first kappa shape index (κ1) is 10.6. The summed E-state index contributed by atoms with van der Waals surface area (Å²) in [5, 5.41) is 0. The molecular weight excluding hydrogens is 183 g/mol. The summed E-state index contributed by atoms with van der Waals surface area (Å²) in [7, 11) is 3.43. The summed E-state index contributed by atoms with van der Waals surface area (Å²) in [6.07, 6.45) is 0. The maximum absolute atomic E-state index is 4.80. The average molecular weight is 187 g/mol. The normalized spacial score (nSPS) is 8.20. The molecule has 0 aliphatic carbocycles. The van der Waals surface area contributed by atoms with Gasteiger partial charge in [-0.05, 0) is 0 Å². The van der Waals surface area contributed by atoms with E-state index in [2.05, 4.69) is 27.0 Å². The minimum atomic E-state index is -1.12. The molecule has 0 saturated heterocycles. The molecule has 0 radical (unpaired) electrons. The van der Waals surface area contributed by atoms with Crippen LogP contribution in [-0.2, 0) is 39.4 Å². The summed E-state index contributed by atoms with van der Waals surface area (Å²) in [6, 6.07) is 0. The fourth-order valence-electron chi connectivity index (χ4n) is 0.254. The van der Waals surface area contributed by atoms with Crippen molar-refractivity contribution < 1.29 is 8.75 Å². The summed E-state index contributed by atoms with van der Waals surface area (Å²) < 4.78 is 9.41. The van der Waals surface area contributed by atoms with Crippen molar-refractivity contribution in [2.75, 3.05) is 7.11 Å². The van der Waals surface area contributed by atoms with E-state index >= 15 is 0 Å². The van der Waals surface area contributed by atoms with Crippen LogP contribution in [0, 0.1) is 0 Å². The van der Waals surface area contributed by atoms with Gasteiger partial charge in [0, 0.05) is 0 Å². The Labute approximate surface area is 74.0 Å². The zero-order valence-electron chi connectivity index (χ0n) is 5.39. The van der Waals surface area contributed by atoms with Gasteiger partial charge < -0.3 is 0 Å². The van der Waals surface area contributed by atoms with Gasteiger partial charge in [0.25, 0.3) is 0 Å². The molecule has 9 heteroatoms. The molecule has 0 N–H and O–H groups in total. The summed E-state index contributed by atoms with van der Waals surface area (Å²) in [6.45, 7) is 3.35. The van der Waals surface area contributed by atoms with E-state index in [1.54, 1.807) is 20.5 Å². The van der Waals surface area contributed by atoms with Crippen LogP contribution in [0.15, 0.2) is 0 Å². The van der Waals surface area contributed by atoms with E-state index in [9.17, 15) is 0 Å². The van der Waals surface area contributed by atoms with E-state index in [-0.39, 0.29) is 0 Å². The average Bonchev–Trinajstić information content (AvgIpc) is 1.87. The van der Waals surface area contributed by atoms with Crippen LogP contribution in [0.2, 0.25) is 0 Å². The van der Waals surface area contributed by atoms with Crippen LogP contribution >= 0.6 is 0 Å². The van der Waals surface area contributed by atoms with Crippen molar-refractivity contribution in [2.45, 2.75) is 0 Å². The van der Waals surface area contributed by atoms with Gasteiger partial charge in [0.2, 0.25) is 0 Å². The van der Waals surface area contributed by atoms with Crippen LogP contribution in [0.5, 0.6) is 0 Å². The monoisotopic (exact) mass is 188 g/mol. The first-order valence-electron chi connectivity index (χ1n) is 2.43. The Balaban J connectivity index is 3.47. The van der Waals surface area contributed by atoms with E-state index in [1.165, 1.54) is 14.0 Å². The van der Waals surface area contributed by atoms with E-state index in [4.69, 9.17) is 4.10 Å². The van der Waals surface area contributed by atoms with Gasteiger partial charge >= 0.3 is 73.9 Å². The summed E-state index contributed by atoms with van der Waals surface area (Å²) >= 11 is 9.22. The van der Waals surface area contributed by atoms with E-state index in [1.807, 2.05) is 0 Å². The van der Waals surface area contributed by atoms with Crippen LogP contribution in [-0.4, -0.2) is 34.5 Å². The van der Waals surface area contributed by atoms with Gasteiger partial charge in [-0.15, -0.1) is 0 Å². The Bertz CT molecular complexity index is 189. The number of hydrogen-bond donors (Lipinski definition) is 1. The predicted molar refractivity (Wildman–Crippen MR) is 54.6 cm³/mol. The summed E-state index contributed by atoms with van der Waals surface area (Å²) in [5.41, 5.74) is 0. The molecule has 10 heavy (non-hydrogen) atoms. The molecular formula is CH4B4O2S3. The predicted octanol–water partition coefficient (Wildman–Crippen LogP) is -1.77. The Morgan fingerprint density at radius 3 is 2.30 bits per heavy atom. The van der Waals surface area contributed by atoms with Gasteiger partial charge in [0.05, 0.1) is 0 Å². The Morgan fingerprint density at radius 1 is 1.20 bits per heavy atom. The van der Waals surface area contributed by atoms with Crippen molar-refractivity contribution in [2.24, 2.45) is 0 Å². The quantitative estimate of drug-likeness (QED) is 0.415. The van der Waals surface area contributed by atoms with Crippen molar-refractivity contribution >= 4 is 58.1 Å². The van der Waals surface area contributed by atoms with E-state index in [0.29, 0.717) is 0 Å². The SMILES string of the molecule is COB=BB=BO[SH](=S)=S. The van der Waals surface area contributed by atoms with Gasteiger partial charge in [0.1, 0.15) is 0 Å². The molecule has 2 nitrogen and oxygen atoms in total. The Kier molecular flexibility index (Phi) is 8.26. The molecule has 0 heterocycles. The topological polar surface area (TPSA) is 18.5 Å². The fraction of sp³-hybridized carbons (Fsp3) is 1.00. The molecule has 0 saturated carbocycles. The third-order valence-electron chi connectivity index (χ3n) is 0.551. The Hall–Kier alpha value is 0.650. The molecule has 50 valence electrons. The van der Waals surface area contributed by atoms with Crippen LogP contribution in [0.4, 0.5) is 0 Å². The second-order valence-corrected chi connectivity index (χ2v) is 4.56. The van der Waals surface area contributed by atoms with Crippen molar-refractivity contribution in [1.82, 2.24) is 0 Å². The van der Waals surface area contributed by atoms with Crippen molar-refractivity contribution in [3.05, 3.63) is 0 Å². The number of thiol groups is 1. The van der Waals surface area contributed by atoms with Crippen LogP contribution < -0.4 is 0 Å². The molecule has 0 aromatic rings. The van der Waals surface area contributed by atoms with Crippen LogP contribution in [0.25, 0.3) is 0 Å². The standard InChI is InChI=1S/CH4B4O2S3/c1-6-4-2-3-5-7-10(8)9/h10H,1H3. The summed E-state index contributed by atoms with van der Waals surface area (Å²) in [5.74, 6) is 0. The van der Waals surface area contributed by atoms with Gasteiger partial charge in [0.15, 0.2) is 0 Å². The second kappa shape index (κ2) is 7.75. The molecule has 0 fully saturated rings. The molecule has 0 atom stereocenters. The zero-order chi connectivity index (χ0) is 7.82. The third-order valence-corrected chi connectivity index (χ3v) is 1.36. The zero-order valence-corrected chi connectivity index (χ0v) is 7.92. The molecule has 0 bridgehead atoms. The van der Waals surface area contributed by atoms with E-state index < -0.39 is 8.29 Å². The maximum atomic E-state index is 4.80. The molecule has 0 aromatic carbocycles. The third kappa shape index (κ3) is 8.65. The van der Waals surface area contributed by atoms with Gasteiger partial charge in [-0.3, -0.25) is 0 Å². The summed E-state index contributed by atoms with van der Waals surface area (Å²) in [4.78, 5) is 0. The van der Waals surface area contributed by atoms with Crippen molar-refractivity contribution in [1.29, 1.82) is 0 Å². The molecule has 0 unspecified atom stereocenters. The molecule has 0 aromatic heterocycles. The minimum absolute atomic E-state index is 1.12. The fourth-order valence-corrected chi connectivity index (χ4v) is 0.722. The molecule has 0 spiro atoms. The van der Waals surface area contributed by atoms with Gasteiger partial charge in [-0.1, -0.05) is 0 Å². The number of rotatable bonds is 4. The van der Waals surface area contributed by atoms with Gasteiger partial charge in [-0.25, -0.2) is 0 Å². The Morgan fingerprint density at radius 2 is 1.80 bits per heavy atom. The molecule has 0 rings (SSSR count). The van der Waals surface area contributed by atoms with Crippen molar-refractivity contribution in [3.8, 4) is 0 Å². The second-order valence-electron chi connectivity index (χ2n) is 1.22. The van der Waals surface area contributed by atoms with Crippen LogP contribution in [0.3, 0.4) is 0 Å². The van der Waals surface area contributed by atoms with Crippen molar-refractivity contribution in [3.63, 3.8) is 0 Å². The number of hydrogen-bond acceptors (Lipinski definition) is 4.